The first-order chi connectivity index (χ1) is 12.4. The van der Waals surface area contributed by atoms with Gasteiger partial charge in [-0.3, -0.25) is 9.98 Å². The average Bonchev–Trinajstić information content (AvgIpc) is 2.63. The Kier molecular flexibility index (Phi) is 7.51. The fraction of sp³-hybridized carbons (Fsp3) is 0.524. The molecule has 0 radical (unpaired) electrons. The summed E-state index contributed by atoms with van der Waals surface area (Å²) in [5, 5.41) is 0. The van der Waals surface area contributed by atoms with Crippen molar-refractivity contribution in [2.45, 2.75) is 39.2 Å². The second kappa shape index (κ2) is 9.62. The third kappa shape index (κ3) is 5.49. The van der Waals surface area contributed by atoms with E-state index in [1.165, 1.54) is 23.4 Å². The molecule has 2 atom stereocenters. The number of amidine groups is 1. The molecule has 5 heteroatoms. The van der Waals surface area contributed by atoms with Gasteiger partial charge >= 0.3 is 0 Å². The van der Waals surface area contributed by atoms with Crippen LogP contribution in [0.5, 0.6) is 0 Å². The second-order valence-corrected chi connectivity index (χ2v) is 7.17. The number of nitrogens with zero attached hydrogens (tertiary/aromatic N) is 3. The zero-order chi connectivity index (χ0) is 19.1. The standard InChI is InChI=1S/C21H31FN4/c1-5-17(22)8-6-16(3)14-26(4)21-13-20(24-11-10-23)18-12-15(2)7-9-19(18)25-21/h5-8,18-19H,1,9-14,23H2,2-4H3. The zero-order valence-corrected chi connectivity index (χ0v) is 16.2. The highest BCUT2D eigenvalue weighted by Gasteiger charge is 2.33. The lowest BCUT2D eigenvalue weighted by Crippen LogP contribution is -2.42. The molecule has 0 saturated heterocycles. The van der Waals surface area contributed by atoms with Crippen molar-refractivity contribution in [3.05, 3.63) is 47.9 Å². The van der Waals surface area contributed by atoms with Crippen LogP contribution < -0.4 is 5.73 Å². The van der Waals surface area contributed by atoms with Crippen molar-refractivity contribution in [1.82, 2.24) is 4.90 Å². The Labute approximate surface area is 156 Å². The van der Waals surface area contributed by atoms with Crippen LogP contribution in [0.2, 0.25) is 0 Å². The molecule has 0 amide bonds. The van der Waals surface area contributed by atoms with Crippen LogP contribution in [0.15, 0.2) is 57.8 Å². The molecule has 4 nitrogen and oxygen atoms in total. The molecule has 0 bridgehead atoms. The number of aliphatic imine (C=N–C) groups is 2. The van der Waals surface area contributed by atoms with Crippen LogP contribution in [0.4, 0.5) is 4.39 Å². The van der Waals surface area contributed by atoms with Crippen molar-refractivity contribution >= 4 is 11.5 Å². The third-order valence-corrected chi connectivity index (χ3v) is 4.89. The highest BCUT2D eigenvalue weighted by atomic mass is 19.1. The average molecular weight is 359 g/mol. The minimum absolute atomic E-state index is 0.267. The molecule has 26 heavy (non-hydrogen) atoms. The van der Waals surface area contributed by atoms with Gasteiger partial charge in [-0.25, -0.2) is 4.39 Å². The molecule has 0 aromatic rings. The Hall–Kier alpha value is -2.01. The molecule has 1 aliphatic carbocycles. The molecule has 0 aromatic carbocycles. The van der Waals surface area contributed by atoms with Gasteiger partial charge in [-0.05, 0) is 38.8 Å². The van der Waals surface area contributed by atoms with Gasteiger partial charge < -0.3 is 10.6 Å². The van der Waals surface area contributed by atoms with Gasteiger partial charge in [-0.15, -0.1) is 0 Å². The summed E-state index contributed by atoms with van der Waals surface area (Å²) in [6.45, 7) is 9.54. The van der Waals surface area contributed by atoms with Crippen LogP contribution in [-0.2, 0) is 0 Å². The van der Waals surface area contributed by atoms with E-state index in [2.05, 4.69) is 24.5 Å². The Morgan fingerprint density at radius 1 is 1.50 bits per heavy atom. The SMILES string of the molecule is C=CC(F)=CC=C(C)CN(C)C1=NC2CC=C(C)CC2C(=NCCN)C1. The second-order valence-electron chi connectivity index (χ2n) is 7.17. The minimum atomic E-state index is -0.328. The summed E-state index contributed by atoms with van der Waals surface area (Å²) in [5.41, 5.74) is 9.38. The molecule has 0 aromatic heterocycles. The summed E-state index contributed by atoms with van der Waals surface area (Å²) in [7, 11) is 2.04. The van der Waals surface area contributed by atoms with Gasteiger partial charge in [0.25, 0.3) is 0 Å². The molecule has 142 valence electrons. The third-order valence-electron chi connectivity index (χ3n) is 4.89. The molecule has 0 spiro atoms. The number of fused-ring (bicyclic) bond motifs is 1. The van der Waals surface area contributed by atoms with Crippen LogP contribution in [0, 0.1) is 5.92 Å². The van der Waals surface area contributed by atoms with E-state index in [0.29, 0.717) is 25.6 Å². The maximum absolute atomic E-state index is 13.2. The van der Waals surface area contributed by atoms with Crippen molar-refractivity contribution in [3.8, 4) is 0 Å². The van der Waals surface area contributed by atoms with E-state index in [9.17, 15) is 4.39 Å². The molecule has 1 aliphatic heterocycles. The fourth-order valence-corrected chi connectivity index (χ4v) is 3.49. The molecule has 2 rings (SSSR count). The molecule has 0 saturated carbocycles. The lowest BCUT2D eigenvalue weighted by atomic mass is 9.79. The largest absolute Gasteiger partial charge is 0.359 e. The number of rotatable bonds is 6. The Balaban J connectivity index is 2.16. The highest BCUT2D eigenvalue weighted by Crippen LogP contribution is 2.32. The summed E-state index contributed by atoms with van der Waals surface area (Å²) in [6.07, 6.45) is 9.51. The lowest BCUT2D eigenvalue weighted by Gasteiger charge is -2.36. The lowest BCUT2D eigenvalue weighted by molar-refractivity contribution is 0.461. The van der Waals surface area contributed by atoms with Crippen LogP contribution in [0.25, 0.3) is 0 Å². The predicted octanol–water partition coefficient (Wildman–Crippen LogP) is 3.83. The Morgan fingerprint density at radius 2 is 2.27 bits per heavy atom. The molecular formula is C21H31FN4. The number of nitrogens with two attached hydrogens (primary N) is 1. The maximum Gasteiger partial charge on any atom is 0.122 e. The number of halogens is 1. The summed E-state index contributed by atoms with van der Waals surface area (Å²) >= 11 is 0. The minimum Gasteiger partial charge on any atom is -0.359 e. The van der Waals surface area contributed by atoms with Crippen molar-refractivity contribution in [1.29, 1.82) is 0 Å². The van der Waals surface area contributed by atoms with E-state index >= 15 is 0 Å². The van der Waals surface area contributed by atoms with E-state index < -0.39 is 0 Å². The molecular weight excluding hydrogens is 327 g/mol. The first-order valence-electron chi connectivity index (χ1n) is 9.26. The van der Waals surface area contributed by atoms with Gasteiger partial charge in [-0.1, -0.05) is 29.9 Å². The first-order valence-corrected chi connectivity index (χ1v) is 9.26. The maximum atomic E-state index is 13.2. The van der Waals surface area contributed by atoms with Gasteiger partial charge in [0.05, 0.1) is 12.6 Å². The van der Waals surface area contributed by atoms with E-state index in [1.807, 2.05) is 14.0 Å². The summed E-state index contributed by atoms with van der Waals surface area (Å²) < 4.78 is 13.2. The number of hydrogen-bond acceptors (Lipinski definition) is 4. The van der Waals surface area contributed by atoms with Crippen molar-refractivity contribution < 1.29 is 4.39 Å². The number of allylic oxidation sites excluding steroid dienone is 5. The summed E-state index contributed by atoms with van der Waals surface area (Å²) in [6, 6.07) is 0.267. The molecule has 1 heterocycles. The van der Waals surface area contributed by atoms with E-state index in [1.54, 1.807) is 6.08 Å². The van der Waals surface area contributed by atoms with Crippen molar-refractivity contribution in [2.75, 3.05) is 26.7 Å². The monoisotopic (exact) mass is 358 g/mol. The van der Waals surface area contributed by atoms with Crippen LogP contribution in [0.1, 0.15) is 33.1 Å². The first kappa shape index (κ1) is 20.3. The molecule has 2 N–H and O–H groups in total. The Morgan fingerprint density at radius 3 is 2.96 bits per heavy atom. The van der Waals surface area contributed by atoms with Crippen molar-refractivity contribution in [2.24, 2.45) is 21.6 Å². The molecule has 2 aliphatic rings. The molecule has 0 fully saturated rings. The van der Waals surface area contributed by atoms with Gasteiger partial charge in [0.2, 0.25) is 0 Å². The normalized spacial score (nSPS) is 25.5. The van der Waals surface area contributed by atoms with Gasteiger partial charge in [-0.2, -0.15) is 0 Å². The van der Waals surface area contributed by atoms with E-state index in [0.717, 1.165) is 30.7 Å². The molecule has 2 unspecified atom stereocenters. The predicted molar refractivity (Wildman–Crippen MR) is 109 cm³/mol. The van der Waals surface area contributed by atoms with Gasteiger partial charge in [0.15, 0.2) is 0 Å². The van der Waals surface area contributed by atoms with Crippen molar-refractivity contribution in [3.63, 3.8) is 0 Å². The zero-order valence-electron chi connectivity index (χ0n) is 16.2. The van der Waals surface area contributed by atoms with E-state index in [-0.39, 0.29) is 11.9 Å². The highest BCUT2D eigenvalue weighted by molar-refractivity contribution is 6.06. The summed E-state index contributed by atoms with van der Waals surface area (Å²) in [5.74, 6) is 1.13. The quantitative estimate of drug-likeness (QED) is 0.579. The Bertz CT molecular complexity index is 669. The van der Waals surface area contributed by atoms with Crippen LogP contribution in [0.3, 0.4) is 0 Å². The number of likely N-dealkylation sites (N-methyl/N-ethyl adjacent to an activating group) is 1. The van der Waals surface area contributed by atoms with Gasteiger partial charge in [0, 0.05) is 38.2 Å². The fourth-order valence-electron chi connectivity index (χ4n) is 3.49. The number of hydrogen-bond donors (Lipinski definition) is 1. The smallest absolute Gasteiger partial charge is 0.122 e. The van der Waals surface area contributed by atoms with Crippen LogP contribution >= 0.6 is 0 Å². The van der Waals surface area contributed by atoms with Gasteiger partial charge in [0.1, 0.15) is 11.7 Å². The van der Waals surface area contributed by atoms with E-state index in [4.69, 9.17) is 15.7 Å². The topological polar surface area (TPSA) is 54.0 Å². The summed E-state index contributed by atoms with van der Waals surface area (Å²) in [4.78, 5) is 11.9. The van der Waals surface area contributed by atoms with Crippen LogP contribution in [-0.4, -0.2) is 49.2 Å².